The molecule has 0 aromatic carbocycles. The van der Waals surface area contributed by atoms with Crippen molar-refractivity contribution in [1.82, 2.24) is 62.5 Å². The van der Waals surface area contributed by atoms with Crippen molar-refractivity contribution in [2.45, 2.75) is 152 Å². The molecule has 9 fully saturated rings. The molecule has 0 amide bonds. The third-order valence-corrected chi connectivity index (χ3v) is 16.1. The molecule has 4 aromatic heterocycles. The molecule has 8 unspecified atom stereocenters. The molecule has 13 rings (SSSR count). The molecule has 0 radical (unpaired) electrons. The molecule has 4 saturated carbocycles. The molecule has 0 spiro atoms. The first-order valence-corrected chi connectivity index (χ1v) is 25.3. The van der Waals surface area contributed by atoms with Crippen LogP contribution in [0.25, 0.3) is 0 Å². The zero-order valence-electron chi connectivity index (χ0n) is 39.0. The summed E-state index contributed by atoms with van der Waals surface area (Å²) in [6.45, 7) is 0. The summed E-state index contributed by atoms with van der Waals surface area (Å²) in [7, 11) is 0. The first-order valence-electron chi connectivity index (χ1n) is 25.3. The molecule has 12 nitrogen and oxygen atoms in total. The maximum atomic E-state index is 4.26. The Morgan fingerprint density at radius 2 is 0.364 bits per heavy atom. The number of pyridine rings is 4. The van der Waals surface area contributed by atoms with E-state index in [1.165, 1.54) is 103 Å². The Kier molecular flexibility index (Phi) is 21.2. The molecule has 5 aliphatic heterocycles. The number of hydrogen-bond donors (Lipinski definition) is 8. The molecular weight excluding hydrogens is 985 g/mol. The Hall–Kier alpha value is -2.37. The van der Waals surface area contributed by atoms with Gasteiger partial charge in [0.25, 0.3) is 0 Å². The number of halogens is 1. The van der Waals surface area contributed by atoms with E-state index in [1.807, 2.05) is 72.8 Å². The fraction of sp³-hybridized carbons (Fsp3) is 0.615. The number of fused-ring (bicyclic) bond motifs is 20. The fourth-order valence-corrected chi connectivity index (χ4v) is 13.2. The van der Waals surface area contributed by atoms with Crippen molar-refractivity contribution in [2.75, 3.05) is 0 Å². The Balaban J connectivity index is 0.000000202. The van der Waals surface area contributed by atoms with Crippen LogP contribution < -0.4 is 42.5 Å². The first kappa shape index (κ1) is 51.5. The topological polar surface area (TPSA) is 148 Å². The number of aromatic nitrogens is 4. The van der Waals surface area contributed by atoms with Crippen LogP contribution in [0.3, 0.4) is 0 Å². The third-order valence-electron chi connectivity index (χ3n) is 16.1. The van der Waals surface area contributed by atoms with Crippen LogP contribution in [0.2, 0.25) is 0 Å². The minimum absolute atomic E-state index is 0. The molecule has 66 heavy (non-hydrogen) atoms. The van der Waals surface area contributed by atoms with E-state index in [9.17, 15) is 0 Å². The summed E-state index contributed by atoms with van der Waals surface area (Å²) in [5.41, 5.74) is 0. The average Bonchev–Trinajstić information content (AvgIpc) is 4.13. The minimum atomic E-state index is 0. The van der Waals surface area contributed by atoms with Crippen LogP contribution in [0.5, 0.6) is 0 Å². The third kappa shape index (κ3) is 13.5. The van der Waals surface area contributed by atoms with Crippen molar-refractivity contribution < 1.29 is 19.5 Å². The van der Waals surface area contributed by atoms with Gasteiger partial charge in [-0.2, -0.15) is 0 Å². The van der Waals surface area contributed by atoms with Gasteiger partial charge in [-0.1, -0.05) is 75.6 Å². The quantitative estimate of drug-likeness (QED) is 0.0651. The van der Waals surface area contributed by atoms with E-state index in [0.717, 1.165) is 47.3 Å². The van der Waals surface area contributed by atoms with Gasteiger partial charge in [0.2, 0.25) is 0 Å². The second kappa shape index (κ2) is 27.1. The van der Waals surface area contributed by atoms with E-state index in [1.54, 1.807) is 49.6 Å². The van der Waals surface area contributed by atoms with Crippen LogP contribution in [-0.2, 0) is 19.5 Å². The molecule has 8 atom stereocenters. The number of hydrogen-bond acceptors (Lipinski definition) is 12. The number of nitrogens with one attached hydrogen (secondary N) is 8. The van der Waals surface area contributed by atoms with Gasteiger partial charge in [-0.05, 0) is 147 Å². The second-order valence-electron chi connectivity index (χ2n) is 19.7. The predicted molar refractivity (Wildman–Crippen MR) is 270 cm³/mol. The van der Waals surface area contributed by atoms with Crippen molar-refractivity contribution >= 4 is 24.0 Å². The Bertz CT molecular complexity index is 1420. The molecule has 4 aliphatic carbocycles. The second-order valence-corrected chi connectivity index (χ2v) is 19.7. The van der Waals surface area contributed by atoms with E-state index in [0.29, 0.717) is 49.3 Å². The smallest absolute Gasteiger partial charge is 0.0628 e. The van der Waals surface area contributed by atoms with Gasteiger partial charge < -0.3 is 0 Å². The maximum Gasteiger partial charge on any atom is 0.0628 e. The molecule has 5 saturated heterocycles. The molecule has 8 N–H and O–H groups in total. The van der Waals surface area contributed by atoms with Crippen LogP contribution in [-0.4, -0.2) is 69.3 Å². The van der Waals surface area contributed by atoms with E-state index in [-0.39, 0.29) is 43.5 Å². The van der Waals surface area contributed by atoms with Crippen LogP contribution in [0.1, 0.15) is 103 Å². The van der Waals surface area contributed by atoms with Gasteiger partial charge in [0.05, 0.1) is 49.3 Å². The van der Waals surface area contributed by atoms with Gasteiger partial charge in [-0.15, -0.1) is 24.0 Å². The zero-order chi connectivity index (χ0) is 43.2. The molecular formula is C52H77IN12Zn. The summed E-state index contributed by atoms with van der Waals surface area (Å²) >= 11 is 0. The van der Waals surface area contributed by atoms with E-state index >= 15 is 0 Å². The molecule has 14 heteroatoms. The minimum Gasteiger partial charge on any atom is -0.286 e. The molecule has 8 bridgehead atoms. The largest absolute Gasteiger partial charge is 0.286 e. The van der Waals surface area contributed by atoms with Crippen molar-refractivity contribution in [2.24, 2.45) is 47.3 Å². The summed E-state index contributed by atoms with van der Waals surface area (Å²) in [4.78, 5) is 15.1. The zero-order valence-corrected chi connectivity index (χ0v) is 44.3. The van der Waals surface area contributed by atoms with Gasteiger partial charge in [0.15, 0.2) is 0 Å². The van der Waals surface area contributed by atoms with Gasteiger partial charge in [0, 0.05) is 69.1 Å². The average molecular weight is 1060 g/mol. The first-order chi connectivity index (χ1) is 31.8. The monoisotopic (exact) mass is 1060 g/mol. The van der Waals surface area contributed by atoms with Gasteiger partial charge >= 0.3 is 0 Å². The molecule has 9 heterocycles. The maximum absolute atomic E-state index is 4.26. The van der Waals surface area contributed by atoms with Crippen molar-refractivity contribution in [3.8, 4) is 0 Å². The summed E-state index contributed by atoms with van der Waals surface area (Å²) in [5.74, 6) is 5.97. The van der Waals surface area contributed by atoms with Crippen molar-refractivity contribution in [3.05, 3.63) is 122 Å². The summed E-state index contributed by atoms with van der Waals surface area (Å²) in [5, 5.41) is 33.8. The molecule has 4 aromatic rings. The normalized spacial score (nSPS) is 37.8. The SMILES string of the molecule is C1CCC2C3NC(NC4NC(NC5NC(NC6NC(N3)C3CCCCC63)C3CCCCC53)C3CCCCC43)C2C1.I.[Zn].c1ccncc1.c1ccncc1.c1ccncc1.c1ccncc1. The summed E-state index contributed by atoms with van der Waals surface area (Å²) in [6.07, 6.45) is 39.6. The van der Waals surface area contributed by atoms with E-state index in [2.05, 4.69) is 62.5 Å². The summed E-state index contributed by atoms with van der Waals surface area (Å²) in [6, 6.07) is 22.9. The number of rotatable bonds is 0. The summed E-state index contributed by atoms with van der Waals surface area (Å²) < 4.78 is 0. The Labute approximate surface area is 425 Å². The van der Waals surface area contributed by atoms with Gasteiger partial charge in [-0.3, -0.25) is 62.5 Å². The molecule has 9 aliphatic rings. The van der Waals surface area contributed by atoms with Gasteiger partial charge in [-0.25, -0.2) is 0 Å². The van der Waals surface area contributed by atoms with Gasteiger partial charge in [0.1, 0.15) is 0 Å². The Morgan fingerprint density at radius 1 is 0.227 bits per heavy atom. The predicted octanol–water partition coefficient (Wildman–Crippen LogP) is 7.55. The fourth-order valence-electron chi connectivity index (χ4n) is 13.2. The molecule has 354 valence electrons. The van der Waals surface area contributed by atoms with Crippen molar-refractivity contribution in [1.29, 1.82) is 0 Å². The van der Waals surface area contributed by atoms with Crippen LogP contribution >= 0.6 is 24.0 Å². The van der Waals surface area contributed by atoms with Crippen LogP contribution in [0.15, 0.2) is 122 Å². The van der Waals surface area contributed by atoms with E-state index < -0.39 is 0 Å². The number of nitrogens with zero attached hydrogens (tertiary/aromatic N) is 4. The standard InChI is InChI=1S/C32H56N8.4C5H5N.HI.Zn/c1-2-10-18-17(9-1)25-33-26(18)38-28-21-13-5-6-14-22(21)30(35-28)40-32-24-16-8-7-15-23(24)31(36-32)39-29-20-12-4-3-11-19(20)27(34-29)37-25;4*1-2-4-6-5-3-1;;/h17-40H,1-16H2;4*1-5H;1H;. The van der Waals surface area contributed by atoms with Crippen LogP contribution in [0, 0.1) is 47.3 Å². The van der Waals surface area contributed by atoms with Crippen LogP contribution in [0.4, 0.5) is 0 Å². The van der Waals surface area contributed by atoms with E-state index in [4.69, 9.17) is 0 Å². The Morgan fingerprint density at radius 3 is 0.455 bits per heavy atom. The van der Waals surface area contributed by atoms with Crippen molar-refractivity contribution in [3.63, 3.8) is 0 Å².